The summed E-state index contributed by atoms with van der Waals surface area (Å²) in [5.74, 6) is 0. The van der Waals surface area contributed by atoms with E-state index in [0.717, 1.165) is 5.56 Å². The number of hydrogen-bond donors (Lipinski definition) is 2. The lowest BCUT2D eigenvalue weighted by atomic mass is 10.0. The first-order valence-electron chi connectivity index (χ1n) is 5.07. The van der Waals surface area contributed by atoms with Crippen LogP contribution in [0.15, 0.2) is 24.3 Å². The zero-order valence-corrected chi connectivity index (χ0v) is 9.12. The topological polar surface area (TPSA) is 32.3 Å². The van der Waals surface area contributed by atoms with Crippen LogP contribution in [-0.2, 0) is 0 Å². The number of nitrogens with one attached hydrogen (secondary N) is 1. The van der Waals surface area contributed by atoms with Crippen LogP contribution < -0.4 is 5.32 Å². The maximum atomic E-state index is 9.26. The van der Waals surface area contributed by atoms with Crippen molar-refractivity contribution in [2.24, 2.45) is 0 Å². The smallest absolute Gasteiger partial charge is 0.0626 e. The normalized spacial score (nSPS) is 13.2. The van der Waals surface area contributed by atoms with Crippen molar-refractivity contribution in [1.82, 2.24) is 5.32 Å². The van der Waals surface area contributed by atoms with E-state index in [1.807, 2.05) is 12.1 Å². The van der Waals surface area contributed by atoms with Gasteiger partial charge in [0.2, 0.25) is 0 Å². The minimum Gasteiger partial charge on any atom is -0.394 e. The molecular weight excluding hydrogens is 174 g/mol. The van der Waals surface area contributed by atoms with Crippen LogP contribution in [-0.4, -0.2) is 17.8 Å². The summed E-state index contributed by atoms with van der Waals surface area (Å²) < 4.78 is 0. The summed E-state index contributed by atoms with van der Waals surface area (Å²) in [7, 11) is 0. The van der Waals surface area contributed by atoms with Crippen molar-refractivity contribution in [2.75, 3.05) is 6.61 Å². The quantitative estimate of drug-likeness (QED) is 0.767. The molecule has 1 aromatic carbocycles. The van der Waals surface area contributed by atoms with Gasteiger partial charge in [-0.1, -0.05) is 43.7 Å². The molecule has 0 saturated carbocycles. The third kappa shape index (κ3) is 3.13. The van der Waals surface area contributed by atoms with E-state index in [0.29, 0.717) is 6.04 Å². The molecular formula is C12H19NO. The predicted octanol–water partition coefficient (Wildman–Crippen LogP) is 2.03. The third-order valence-electron chi connectivity index (χ3n) is 2.16. The largest absolute Gasteiger partial charge is 0.394 e. The van der Waals surface area contributed by atoms with Gasteiger partial charge in [-0.2, -0.15) is 0 Å². The molecule has 0 aliphatic heterocycles. The van der Waals surface area contributed by atoms with Crippen molar-refractivity contribution in [3.63, 3.8) is 0 Å². The Kier molecular flexibility index (Phi) is 4.11. The zero-order valence-electron chi connectivity index (χ0n) is 9.12. The van der Waals surface area contributed by atoms with E-state index < -0.39 is 0 Å². The summed E-state index contributed by atoms with van der Waals surface area (Å²) in [5, 5.41) is 12.6. The van der Waals surface area contributed by atoms with Crippen LogP contribution in [0.25, 0.3) is 0 Å². The molecule has 0 spiro atoms. The highest BCUT2D eigenvalue weighted by Gasteiger charge is 2.10. The van der Waals surface area contributed by atoms with E-state index in [1.54, 1.807) is 0 Å². The Bertz CT molecular complexity index is 283. The summed E-state index contributed by atoms with van der Waals surface area (Å²) in [5.41, 5.74) is 2.38. The Hall–Kier alpha value is -0.860. The van der Waals surface area contributed by atoms with Crippen LogP contribution in [0, 0.1) is 6.92 Å². The van der Waals surface area contributed by atoms with E-state index in [-0.39, 0.29) is 12.6 Å². The summed E-state index contributed by atoms with van der Waals surface area (Å²) in [6.45, 7) is 6.37. The monoisotopic (exact) mass is 193 g/mol. The van der Waals surface area contributed by atoms with E-state index in [4.69, 9.17) is 0 Å². The SMILES string of the molecule is Cc1cccc(C(CO)NC(C)C)c1. The maximum absolute atomic E-state index is 9.26. The van der Waals surface area contributed by atoms with Crippen molar-refractivity contribution in [3.05, 3.63) is 35.4 Å². The van der Waals surface area contributed by atoms with Crippen molar-refractivity contribution in [2.45, 2.75) is 32.9 Å². The van der Waals surface area contributed by atoms with Gasteiger partial charge < -0.3 is 10.4 Å². The van der Waals surface area contributed by atoms with Gasteiger partial charge >= 0.3 is 0 Å². The van der Waals surface area contributed by atoms with E-state index in [2.05, 4.69) is 38.2 Å². The molecule has 0 saturated heterocycles. The first kappa shape index (κ1) is 11.2. The van der Waals surface area contributed by atoms with Gasteiger partial charge in [-0.15, -0.1) is 0 Å². The first-order chi connectivity index (χ1) is 6.63. The standard InChI is InChI=1S/C12H19NO/c1-9(2)13-12(8-14)11-6-4-5-10(3)7-11/h4-7,9,12-14H,8H2,1-3H3. The minimum absolute atomic E-state index is 0.0508. The number of rotatable bonds is 4. The molecule has 1 unspecified atom stereocenters. The molecule has 14 heavy (non-hydrogen) atoms. The Morgan fingerprint density at radius 1 is 1.36 bits per heavy atom. The molecule has 0 bridgehead atoms. The molecule has 1 aromatic rings. The average molecular weight is 193 g/mol. The minimum atomic E-state index is 0.0508. The summed E-state index contributed by atoms with van der Waals surface area (Å²) in [6.07, 6.45) is 0. The number of hydrogen-bond acceptors (Lipinski definition) is 2. The molecule has 0 amide bonds. The van der Waals surface area contributed by atoms with Gasteiger partial charge in [0.15, 0.2) is 0 Å². The van der Waals surface area contributed by atoms with Crippen LogP contribution in [0.1, 0.15) is 31.0 Å². The van der Waals surface area contributed by atoms with E-state index in [9.17, 15) is 5.11 Å². The predicted molar refractivity (Wildman–Crippen MR) is 59.3 cm³/mol. The number of benzene rings is 1. The summed E-state index contributed by atoms with van der Waals surface area (Å²) in [4.78, 5) is 0. The summed E-state index contributed by atoms with van der Waals surface area (Å²) >= 11 is 0. The Balaban J connectivity index is 2.78. The molecule has 0 aliphatic rings. The molecule has 2 nitrogen and oxygen atoms in total. The zero-order chi connectivity index (χ0) is 10.6. The van der Waals surface area contributed by atoms with Crippen LogP contribution in [0.5, 0.6) is 0 Å². The van der Waals surface area contributed by atoms with E-state index in [1.165, 1.54) is 5.56 Å². The fourth-order valence-corrected chi connectivity index (χ4v) is 1.54. The van der Waals surface area contributed by atoms with Gasteiger partial charge in [0, 0.05) is 6.04 Å². The van der Waals surface area contributed by atoms with Crippen LogP contribution in [0.4, 0.5) is 0 Å². The van der Waals surface area contributed by atoms with Gasteiger partial charge in [-0.3, -0.25) is 0 Å². The molecule has 2 heteroatoms. The second kappa shape index (κ2) is 5.13. The Morgan fingerprint density at radius 3 is 2.57 bits per heavy atom. The second-order valence-corrected chi connectivity index (χ2v) is 3.97. The number of aryl methyl sites for hydroxylation is 1. The van der Waals surface area contributed by atoms with Gasteiger partial charge in [-0.05, 0) is 12.5 Å². The number of aliphatic hydroxyl groups excluding tert-OH is 1. The first-order valence-corrected chi connectivity index (χ1v) is 5.07. The van der Waals surface area contributed by atoms with Crippen molar-refractivity contribution in [1.29, 1.82) is 0 Å². The molecule has 0 heterocycles. The lowest BCUT2D eigenvalue weighted by Gasteiger charge is -2.19. The lowest BCUT2D eigenvalue weighted by molar-refractivity contribution is 0.237. The van der Waals surface area contributed by atoms with Gasteiger partial charge in [0.05, 0.1) is 12.6 Å². The molecule has 1 atom stereocenters. The van der Waals surface area contributed by atoms with Crippen molar-refractivity contribution >= 4 is 0 Å². The highest BCUT2D eigenvalue weighted by Crippen LogP contribution is 2.14. The molecule has 0 aromatic heterocycles. The Labute approximate surface area is 86.0 Å². The van der Waals surface area contributed by atoms with Crippen LogP contribution in [0.3, 0.4) is 0 Å². The molecule has 0 aliphatic carbocycles. The van der Waals surface area contributed by atoms with Gasteiger partial charge in [0.1, 0.15) is 0 Å². The van der Waals surface area contributed by atoms with Gasteiger partial charge in [-0.25, -0.2) is 0 Å². The fraction of sp³-hybridized carbons (Fsp3) is 0.500. The highest BCUT2D eigenvalue weighted by atomic mass is 16.3. The maximum Gasteiger partial charge on any atom is 0.0626 e. The van der Waals surface area contributed by atoms with Crippen LogP contribution in [0.2, 0.25) is 0 Å². The van der Waals surface area contributed by atoms with Gasteiger partial charge in [0.25, 0.3) is 0 Å². The molecule has 2 N–H and O–H groups in total. The fourth-order valence-electron chi connectivity index (χ4n) is 1.54. The second-order valence-electron chi connectivity index (χ2n) is 3.97. The lowest BCUT2D eigenvalue weighted by Crippen LogP contribution is -2.30. The molecule has 1 rings (SSSR count). The molecule has 0 fully saturated rings. The van der Waals surface area contributed by atoms with E-state index >= 15 is 0 Å². The number of aliphatic hydroxyl groups is 1. The molecule has 78 valence electrons. The Morgan fingerprint density at radius 2 is 2.07 bits per heavy atom. The summed E-state index contributed by atoms with van der Waals surface area (Å²) in [6, 6.07) is 8.67. The molecule has 0 radical (unpaired) electrons. The van der Waals surface area contributed by atoms with Crippen molar-refractivity contribution < 1.29 is 5.11 Å². The third-order valence-corrected chi connectivity index (χ3v) is 2.16. The van der Waals surface area contributed by atoms with Crippen molar-refractivity contribution in [3.8, 4) is 0 Å². The van der Waals surface area contributed by atoms with Crippen LogP contribution >= 0.6 is 0 Å². The average Bonchev–Trinajstić information content (AvgIpc) is 2.14. The highest BCUT2D eigenvalue weighted by molar-refractivity contribution is 5.25.